The maximum Gasteiger partial charge on any atom is 0.243 e. The molecule has 4 aromatic rings. The van der Waals surface area contributed by atoms with Gasteiger partial charge >= 0.3 is 0 Å². The van der Waals surface area contributed by atoms with E-state index < -0.39 is 10.0 Å². The Bertz CT molecular complexity index is 1510. The molecule has 0 radical (unpaired) electrons. The van der Waals surface area contributed by atoms with Gasteiger partial charge in [0.05, 0.1) is 4.90 Å². The van der Waals surface area contributed by atoms with Crippen molar-refractivity contribution in [2.24, 2.45) is 11.7 Å². The molecule has 2 heterocycles. The number of hydrogen-bond acceptors (Lipinski definition) is 7. The van der Waals surface area contributed by atoms with Gasteiger partial charge in [0.1, 0.15) is 17.5 Å². The quantitative estimate of drug-likeness (QED) is 0.271. The summed E-state index contributed by atoms with van der Waals surface area (Å²) in [5, 5.41) is 6.15. The molecule has 1 aliphatic heterocycles. The molecule has 4 N–H and O–H groups in total. The van der Waals surface area contributed by atoms with Crippen molar-refractivity contribution in [1.82, 2.24) is 14.3 Å². The van der Waals surface area contributed by atoms with Crippen molar-refractivity contribution >= 4 is 33.2 Å². The number of nitrogens with one attached hydrogen (secondary N) is 2. The maximum atomic E-state index is 13.3. The Balaban J connectivity index is 1.19. The van der Waals surface area contributed by atoms with E-state index in [9.17, 15) is 17.2 Å². The standard InChI is InChI=1S/C28H28F2N6O2S/c29-21-3-1-19(2-4-21)27(31)20-14-17-36(18-15-20)39(37,38)25-11-9-24(10-12-25)34-28-32-16-13-26(35-28)33-23-7-5-22(30)6-8-23/h1-13,16,20,27H,14-15,17-18,31H2,(H2,32,33,34,35)/t27-/m0/s1. The molecule has 0 unspecified atom stereocenters. The fourth-order valence-electron chi connectivity index (χ4n) is 4.59. The molecule has 0 spiro atoms. The number of halogens is 2. The summed E-state index contributed by atoms with van der Waals surface area (Å²) in [7, 11) is -3.67. The van der Waals surface area contributed by atoms with Crippen LogP contribution in [0.2, 0.25) is 0 Å². The predicted octanol–water partition coefficient (Wildman–Crippen LogP) is 5.34. The molecule has 1 fully saturated rings. The normalized spacial score (nSPS) is 15.6. The molecule has 0 aliphatic carbocycles. The average molecular weight is 551 g/mol. The van der Waals surface area contributed by atoms with Crippen LogP contribution in [0.4, 0.5) is 31.9 Å². The summed E-state index contributed by atoms with van der Waals surface area (Å²) < 4.78 is 54.4. The molecular weight excluding hydrogens is 522 g/mol. The second-order valence-corrected chi connectivity index (χ2v) is 11.3. The third-order valence-electron chi connectivity index (χ3n) is 6.78. The summed E-state index contributed by atoms with van der Waals surface area (Å²) in [4.78, 5) is 8.80. The Kier molecular flexibility index (Phi) is 7.82. The Morgan fingerprint density at radius 3 is 2.03 bits per heavy atom. The molecule has 5 rings (SSSR count). The number of rotatable bonds is 8. The SMILES string of the molecule is N[C@@H](c1ccc(F)cc1)C1CCN(S(=O)(=O)c2ccc(Nc3nccc(Nc4ccc(F)cc4)n3)cc2)CC1. The smallest absolute Gasteiger partial charge is 0.243 e. The highest BCUT2D eigenvalue weighted by atomic mass is 32.2. The lowest BCUT2D eigenvalue weighted by Gasteiger charge is -2.34. The van der Waals surface area contributed by atoms with Gasteiger partial charge in [-0.2, -0.15) is 9.29 Å². The van der Waals surface area contributed by atoms with Gasteiger partial charge in [0.15, 0.2) is 0 Å². The minimum atomic E-state index is -3.67. The van der Waals surface area contributed by atoms with E-state index in [0.29, 0.717) is 49.1 Å². The number of benzene rings is 3. The fourth-order valence-corrected chi connectivity index (χ4v) is 6.06. The van der Waals surface area contributed by atoms with Crippen LogP contribution in [0.1, 0.15) is 24.4 Å². The first-order valence-electron chi connectivity index (χ1n) is 12.5. The van der Waals surface area contributed by atoms with Crippen molar-refractivity contribution in [3.63, 3.8) is 0 Å². The lowest BCUT2D eigenvalue weighted by Crippen LogP contribution is -2.40. The van der Waals surface area contributed by atoms with E-state index in [1.807, 2.05) is 0 Å². The minimum Gasteiger partial charge on any atom is -0.340 e. The zero-order chi connectivity index (χ0) is 27.4. The molecule has 8 nitrogen and oxygen atoms in total. The number of hydrogen-bond donors (Lipinski definition) is 3. The summed E-state index contributed by atoms with van der Waals surface area (Å²) in [5.41, 5.74) is 8.54. The molecule has 0 saturated carbocycles. The van der Waals surface area contributed by atoms with Crippen LogP contribution < -0.4 is 16.4 Å². The summed E-state index contributed by atoms with van der Waals surface area (Å²) in [6.07, 6.45) is 2.82. The lowest BCUT2D eigenvalue weighted by molar-refractivity contribution is 0.245. The Hall–Kier alpha value is -3.93. The van der Waals surface area contributed by atoms with Gasteiger partial charge in [-0.3, -0.25) is 0 Å². The first-order chi connectivity index (χ1) is 18.8. The Morgan fingerprint density at radius 2 is 1.38 bits per heavy atom. The van der Waals surface area contributed by atoms with E-state index in [1.165, 1.54) is 28.6 Å². The van der Waals surface area contributed by atoms with Crippen LogP contribution in [-0.4, -0.2) is 35.8 Å². The third kappa shape index (κ3) is 6.39. The van der Waals surface area contributed by atoms with Gasteiger partial charge in [0, 0.05) is 36.7 Å². The molecule has 0 amide bonds. The van der Waals surface area contributed by atoms with Crippen LogP contribution in [0.15, 0.2) is 90.0 Å². The maximum absolute atomic E-state index is 13.3. The van der Waals surface area contributed by atoms with Crippen LogP contribution in [0.3, 0.4) is 0 Å². The highest BCUT2D eigenvalue weighted by Crippen LogP contribution is 2.31. The number of anilines is 4. The number of piperidine rings is 1. The number of aromatic nitrogens is 2. The number of nitrogens with zero attached hydrogens (tertiary/aromatic N) is 3. The van der Waals surface area contributed by atoms with E-state index in [-0.39, 0.29) is 28.5 Å². The predicted molar refractivity (Wildman–Crippen MR) is 146 cm³/mol. The van der Waals surface area contributed by atoms with Crippen LogP contribution in [0.25, 0.3) is 0 Å². The molecular formula is C28H28F2N6O2S. The van der Waals surface area contributed by atoms with E-state index in [4.69, 9.17) is 5.73 Å². The zero-order valence-corrected chi connectivity index (χ0v) is 21.8. The van der Waals surface area contributed by atoms with Gasteiger partial charge < -0.3 is 16.4 Å². The summed E-state index contributed by atoms with van der Waals surface area (Å²) in [5.74, 6) is 0.305. The van der Waals surface area contributed by atoms with Crippen molar-refractivity contribution < 1.29 is 17.2 Å². The van der Waals surface area contributed by atoms with Crippen molar-refractivity contribution in [2.75, 3.05) is 23.7 Å². The van der Waals surface area contributed by atoms with E-state index in [2.05, 4.69) is 20.6 Å². The van der Waals surface area contributed by atoms with E-state index in [1.54, 1.807) is 60.8 Å². The molecule has 202 valence electrons. The molecule has 0 bridgehead atoms. The van der Waals surface area contributed by atoms with Gasteiger partial charge in [-0.1, -0.05) is 12.1 Å². The van der Waals surface area contributed by atoms with Crippen LogP contribution in [0.5, 0.6) is 0 Å². The second kappa shape index (κ2) is 11.4. The molecule has 1 aliphatic rings. The molecule has 3 aromatic carbocycles. The number of nitrogens with two attached hydrogens (primary N) is 1. The first-order valence-corrected chi connectivity index (χ1v) is 14.0. The fraction of sp³-hybridized carbons (Fsp3) is 0.214. The van der Waals surface area contributed by atoms with Crippen LogP contribution in [-0.2, 0) is 10.0 Å². The van der Waals surface area contributed by atoms with Gasteiger partial charge in [-0.05, 0) is 91.1 Å². The van der Waals surface area contributed by atoms with Crippen molar-refractivity contribution in [2.45, 2.75) is 23.8 Å². The summed E-state index contributed by atoms with van der Waals surface area (Å²) >= 11 is 0. The second-order valence-electron chi connectivity index (χ2n) is 9.37. The van der Waals surface area contributed by atoms with E-state index in [0.717, 1.165) is 5.56 Å². The first kappa shape index (κ1) is 26.7. The largest absolute Gasteiger partial charge is 0.340 e. The van der Waals surface area contributed by atoms with Gasteiger partial charge in [-0.25, -0.2) is 22.2 Å². The highest BCUT2D eigenvalue weighted by Gasteiger charge is 2.32. The molecule has 11 heteroatoms. The van der Waals surface area contributed by atoms with Crippen molar-refractivity contribution in [3.05, 3.63) is 102 Å². The van der Waals surface area contributed by atoms with Gasteiger partial charge in [0.25, 0.3) is 0 Å². The lowest BCUT2D eigenvalue weighted by atomic mass is 9.86. The monoisotopic (exact) mass is 550 g/mol. The highest BCUT2D eigenvalue weighted by molar-refractivity contribution is 7.89. The number of sulfonamides is 1. The van der Waals surface area contributed by atoms with Crippen LogP contribution in [0, 0.1) is 17.6 Å². The zero-order valence-electron chi connectivity index (χ0n) is 21.0. The molecule has 1 saturated heterocycles. The minimum absolute atomic E-state index is 0.113. The summed E-state index contributed by atoms with van der Waals surface area (Å²) in [6.45, 7) is 0.729. The van der Waals surface area contributed by atoms with Crippen molar-refractivity contribution in [3.8, 4) is 0 Å². The molecule has 1 atom stereocenters. The topological polar surface area (TPSA) is 113 Å². The van der Waals surface area contributed by atoms with Gasteiger partial charge in [-0.15, -0.1) is 0 Å². The Morgan fingerprint density at radius 1 is 0.821 bits per heavy atom. The van der Waals surface area contributed by atoms with Crippen LogP contribution >= 0.6 is 0 Å². The molecule has 1 aromatic heterocycles. The molecule has 39 heavy (non-hydrogen) atoms. The van der Waals surface area contributed by atoms with Crippen molar-refractivity contribution in [1.29, 1.82) is 0 Å². The average Bonchev–Trinajstić information content (AvgIpc) is 2.95. The summed E-state index contributed by atoms with van der Waals surface area (Å²) in [6, 6.07) is 19.9. The van der Waals surface area contributed by atoms with E-state index >= 15 is 0 Å². The van der Waals surface area contributed by atoms with Gasteiger partial charge in [0.2, 0.25) is 16.0 Å². The third-order valence-corrected chi connectivity index (χ3v) is 8.69. The Labute approximate surface area is 226 Å².